The van der Waals surface area contributed by atoms with Gasteiger partial charge in [-0.2, -0.15) is 0 Å². The van der Waals surface area contributed by atoms with Crippen molar-refractivity contribution in [3.63, 3.8) is 0 Å². The summed E-state index contributed by atoms with van der Waals surface area (Å²) in [5, 5.41) is 3.10. The number of amides is 1. The van der Waals surface area contributed by atoms with Gasteiger partial charge in [-0.15, -0.1) is 0 Å². The van der Waals surface area contributed by atoms with Gasteiger partial charge in [-0.1, -0.05) is 5.57 Å². The summed E-state index contributed by atoms with van der Waals surface area (Å²) >= 11 is 0. The predicted octanol–water partition coefficient (Wildman–Crippen LogP) is 0.316. The van der Waals surface area contributed by atoms with Crippen LogP contribution in [0.3, 0.4) is 0 Å². The summed E-state index contributed by atoms with van der Waals surface area (Å²) in [6.45, 7) is 7.51. The smallest absolute Gasteiger partial charge is 0.330 e. The van der Waals surface area contributed by atoms with Crippen LogP contribution in [0.4, 0.5) is 0 Å². The van der Waals surface area contributed by atoms with Crippen molar-refractivity contribution >= 4 is 11.9 Å². The fourth-order valence-corrected chi connectivity index (χ4v) is 1.75. The Kier molecular flexibility index (Phi) is 5.15. The summed E-state index contributed by atoms with van der Waals surface area (Å²) in [6, 6.07) is -0.508. The molecular weight excluding hydrogens is 220 g/mol. The molecular formula is C12H20N2O3. The molecule has 1 aliphatic rings. The molecule has 0 radical (unpaired) electrons. The van der Waals surface area contributed by atoms with Crippen LogP contribution >= 0.6 is 0 Å². The maximum Gasteiger partial charge on any atom is 0.330 e. The van der Waals surface area contributed by atoms with Gasteiger partial charge in [0.1, 0.15) is 6.04 Å². The molecule has 1 N–H and O–H groups in total. The second-order valence-corrected chi connectivity index (χ2v) is 4.23. The second kappa shape index (κ2) is 6.39. The summed E-state index contributed by atoms with van der Waals surface area (Å²) in [4.78, 5) is 25.2. The lowest BCUT2D eigenvalue weighted by Gasteiger charge is -2.33. The maximum atomic E-state index is 11.9. The Labute approximate surface area is 102 Å². The van der Waals surface area contributed by atoms with E-state index >= 15 is 0 Å². The fourth-order valence-electron chi connectivity index (χ4n) is 1.75. The average Bonchev–Trinajstić information content (AvgIpc) is 2.28. The highest BCUT2D eigenvalue weighted by atomic mass is 16.5. The van der Waals surface area contributed by atoms with Crippen LogP contribution in [0.2, 0.25) is 0 Å². The molecule has 1 saturated heterocycles. The third-order valence-electron chi connectivity index (χ3n) is 2.50. The first-order chi connectivity index (χ1) is 8.06. The Hall–Kier alpha value is -1.36. The Morgan fingerprint density at radius 2 is 2.18 bits per heavy atom. The van der Waals surface area contributed by atoms with Crippen molar-refractivity contribution in [2.24, 2.45) is 0 Å². The van der Waals surface area contributed by atoms with Crippen LogP contribution in [0.25, 0.3) is 0 Å². The molecule has 5 nitrogen and oxygen atoms in total. The number of ether oxygens (including phenoxy) is 1. The monoisotopic (exact) mass is 240 g/mol. The number of allylic oxidation sites excluding steroid dienone is 1. The molecule has 0 aromatic rings. The molecule has 0 aromatic heterocycles. The van der Waals surface area contributed by atoms with Crippen LogP contribution in [0.1, 0.15) is 20.8 Å². The Bertz CT molecular complexity index is 322. The van der Waals surface area contributed by atoms with E-state index in [9.17, 15) is 9.59 Å². The molecule has 0 bridgehead atoms. The molecule has 17 heavy (non-hydrogen) atoms. The van der Waals surface area contributed by atoms with E-state index in [0.29, 0.717) is 26.2 Å². The van der Waals surface area contributed by atoms with Crippen molar-refractivity contribution in [3.8, 4) is 0 Å². The van der Waals surface area contributed by atoms with Crippen LogP contribution in [0.5, 0.6) is 0 Å². The molecule has 96 valence electrons. The normalized spacial score (nSPS) is 19.7. The first-order valence-corrected chi connectivity index (χ1v) is 5.89. The molecule has 1 atom stereocenters. The molecule has 0 saturated carbocycles. The number of carbonyl (C=O) groups excluding carboxylic acids is 2. The Morgan fingerprint density at radius 3 is 2.76 bits per heavy atom. The van der Waals surface area contributed by atoms with Gasteiger partial charge in [0, 0.05) is 25.7 Å². The standard InChI is InChI=1S/C12H20N2O3/c1-4-17-12(16)10-8-13-5-6-14(10)11(15)7-9(2)3/h7,10,13H,4-6,8H2,1-3H3. The first-order valence-electron chi connectivity index (χ1n) is 5.89. The van der Waals surface area contributed by atoms with Crippen molar-refractivity contribution in [3.05, 3.63) is 11.6 Å². The van der Waals surface area contributed by atoms with Gasteiger partial charge < -0.3 is 15.0 Å². The van der Waals surface area contributed by atoms with Crippen molar-refractivity contribution in [1.29, 1.82) is 0 Å². The highest BCUT2D eigenvalue weighted by Gasteiger charge is 2.32. The average molecular weight is 240 g/mol. The number of carbonyl (C=O) groups is 2. The minimum absolute atomic E-state index is 0.121. The van der Waals surface area contributed by atoms with E-state index in [0.717, 1.165) is 5.57 Å². The number of esters is 1. The van der Waals surface area contributed by atoms with E-state index in [1.165, 1.54) is 0 Å². The van der Waals surface area contributed by atoms with Gasteiger partial charge >= 0.3 is 5.97 Å². The number of hydrogen-bond acceptors (Lipinski definition) is 4. The molecule has 1 fully saturated rings. The van der Waals surface area contributed by atoms with E-state index < -0.39 is 6.04 Å². The van der Waals surface area contributed by atoms with Crippen molar-refractivity contribution in [1.82, 2.24) is 10.2 Å². The summed E-state index contributed by atoms with van der Waals surface area (Å²) in [5.41, 5.74) is 0.927. The highest BCUT2D eigenvalue weighted by Crippen LogP contribution is 2.08. The summed E-state index contributed by atoms with van der Waals surface area (Å²) in [7, 11) is 0. The predicted molar refractivity (Wildman–Crippen MR) is 64.4 cm³/mol. The van der Waals surface area contributed by atoms with E-state index in [2.05, 4.69) is 5.32 Å². The number of hydrogen-bond donors (Lipinski definition) is 1. The quantitative estimate of drug-likeness (QED) is 0.570. The van der Waals surface area contributed by atoms with Crippen molar-refractivity contribution in [2.75, 3.05) is 26.2 Å². The number of nitrogens with zero attached hydrogens (tertiary/aromatic N) is 1. The lowest BCUT2D eigenvalue weighted by Crippen LogP contribution is -2.57. The Balaban J connectivity index is 2.75. The summed E-state index contributed by atoms with van der Waals surface area (Å²) < 4.78 is 4.97. The van der Waals surface area contributed by atoms with Crippen molar-refractivity contribution in [2.45, 2.75) is 26.8 Å². The van der Waals surface area contributed by atoms with Gasteiger partial charge in [0.15, 0.2) is 0 Å². The van der Waals surface area contributed by atoms with Gasteiger partial charge in [-0.05, 0) is 20.8 Å². The van der Waals surface area contributed by atoms with Crippen LogP contribution < -0.4 is 5.32 Å². The number of piperazine rings is 1. The fraction of sp³-hybridized carbons (Fsp3) is 0.667. The lowest BCUT2D eigenvalue weighted by molar-refractivity contribution is -0.154. The first kappa shape index (κ1) is 13.7. The highest BCUT2D eigenvalue weighted by molar-refractivity contribution is 5.92. The molecule has 1 unspecified atom stereocenters. The van der Waals surface area contributed by atoms with Gasteiger partial charge in [0.05, 0.1) is 6.61 Å². The number of rotatable bonds is 3. The molecule has 1 amide bonds. The zero-order valence-electron chi connectivity index (χ0n) is 10.7. The minimum atomic E-state index is -0.508. The molecule has 1 heterocycles. The third-order valence-corrected chi connectivity index (χ3v) is 2.50. The van der Waals surface area contributed by atoms with Gasteiger partial charge in [0.2, 0.25) is 5.91 Å². The van der Waals surface area contributed by atoms with Crippen LogP contribution in [-0.4, -0.2) is 49.1 Å². The van der Waals surface area contributed by atoms with E-state index in [-0.39, 0.29) is 11.9 Å². The molecule has 1 aliphatic heterocycles. The second-order valence-electron chi connectivity index (χ2n) is 4.23. The minimum Gasteiger partial charge on any atom is -0.464 e. The SMILES string of the molecule is CCOC(=O)C1CNCCN1C(=O)C=C(C)C. The van der Waals surface area contributed by atoms with Gasteiger partial charge in [-0.25, -0.2) is 4.79 Å². The van der Waals surface area contributed by atoms with Crippen LogP contribution in [0.15, 0.2) is 11.6 Å². The molecule has 0 aromatic carbocycles. The van der Waals surface area contributed by atoms with Crippen LogP contribution in [0, 0.1) is 0 Å². The van der Waals surface area contributed by atoms with E-state index in [1.54, 1.807) is 17.9 Å². The summed E-state index contributed by atoms with van der Waals surface area (Å²) in [5.74, 6) is -0.459. The van der Waals surface area contributed by atoms with Crippen LogP contribution in [-0.2, 0) is 14.3 Å². The maximum absolute atomic E-state index is 11.9. The molecule has 0 aliphatic carbocycles. The lowest BCUT2D eigenvalue weighted by atomic mass is 10.1. The van der Waals surface area contributed by atoms with Gasteiger partial charge in [0.25, 0.3) is 0 Å². The molecule has 1 rings (SSSR count). The summed E-state index contributed by atoms with van der Waals surface area (Å²) in [6.07, 6.45) is 1.55. The Morgan fingerprint density at radius 1 is 1.47 bits per heavy atom. The molecule has 5 heteroatoms. The third kappa shape index (κ3) is 3.85. The van der Waals surface area contributed by atoms with Gasteiger partial charge in [-0.3, -0.25) is 4.79 Å². The largest absolute Gasteiger partial charge is 0.464 e. The van der Waals surface area contributed by atoms with E-state index in [1.807, 2.05) is 13.8 Å². The zero-order chi connectivity index (χ0) is 12.8. The topological polar surface area (TPSA) is 58.6 Å². The molecule has 0 spiro atoms. The van der Waals surface area contributed by atoms with Crippen molar-refractivity contribution < 1.29 is 14.3 Å². The number of nitrogens with one attached hydrogen (secondary N) is 1. The van der Waals surface area contributed by atoms with E-state index in [4.69, 9.17) is 4.74 Å². The zero-order valence-corrected chi connectivity index (χ0v) is 10.7.